The van der Waals surface area contributed by atoms with Crippen molar-refractivity contribution in [2.24, 2.45) is 0 Å². The molecule has 0 aliphatic carbocycles. The lowest BCUT2D eigenvalue weighted by molar-refractivity contribution is -0.0505. The van der Waals surface area contributed by atoms with Gasteiger partial charge in [0.05, 0.1) is 12.7 Å². The van der Waals surface area contributed by atoms with Crippen LogP contribution in [0.4, 0.5) is 20.5 Å². The van der Waals surface area contributed by atoms with Crippen LogP contribution >= 0.6 is 0 Å². The highest BCUT2D eigenvalue weighted by atomic mass is 19.3. The number of hydrogen-bond acceptors (Lipinski definition) is 8. The molecule has 1 aliphatic heterocycles. The smallest absolute Gasteiger partial charge is 0.387 e. The summed E-state index contributed by atoms with van der Waals surface area (Å²) in [5.41, 5.74) is 7.75. The molecule has 36 heavy (non-hydrogen) atoms. The summed E-state index contributed by atoms with van der Waals surface area (Å²) in [7, 11) is 3.90. The maximum Gasteiger partial charge on any atom is 0.387 e. The van der Waals surface area contributed by atoms with Crippen LogP contribution in [0, 0.1) is 0 Å². The standard InChI is InChI=1S/C24H32F2N8O2/c1-4-5-9-28-21-20-18(30-24(27)31-21)12-29-34(20)13-16-7-6-15(11-19(16)36-23(25)26)22(35)33-10-8-17(33)14-32(2)3/h6-7,11-12,17,23H,4-5,8-10,13-14H2,1-3H3,(H3,27,28,30,31). The van der Waals surface area contributed by atoms with Crippen molar-refractivity contribution in [3.8, 4) is 5.75 Å². The van der Waals surface area contributed by atoms with Crippen LogP contribution in [0.15, 0.2) is 24.4 Å². The molecule has 1 unspecified atom stereocenters. The first-order valence-electron chi connectivity index (χ1n) is 12.0. The van der Waals surface area contributed by atoms with Gasteiger partial charge in [0.25, 0.3) is 5.91 Å². The van der Waals surface area contributed by atoms with Gasteiger partial charge in [-0.25, -0.2) is 4.98 Å². The van der Waals surface area contributed by atoms with Gasteiger partial charge in [-0.05, 0) is 39.1 Å². The second-order valence-electron chi connectivity index (χ2n) is 9.15. The maximum absolute atomic E-state index is 13.3. The Morgan fingerprint density at radius 1 is 1.33 bits per heavy atom. The number of halogens is 2. The van der Waals surface area contributed by atoms with Crippen LogP contribution in [-0.4, -0.2) is 81.8 Å². The summed E-state index contributed by atoms with van der Waals surface area (Å²) in [5, 5.41) is 7.64. The number of hydrogen-bond donors (Lipinski definition) is 2. The highest BCUT2D eigenvalue weighted by Crippen LogP contribution is 2.29. The van der Waals surface area contributed by atoms with Gasteiger partial charge in [0.2, 0.25) is 5.95 Å². The quantitative estimate of drug-likeness (QED) is 0.385. The van der Waals surface area contributed by atoms with E-state index in [2.05, 4.69) is 27.3 Å². The highest BCUT2D eigenvalue weighted by Gasteiger charge is 2.33. The fourth-order valence-corrected chi connectivity index (χ4v) is 4.31. The Kier molecular flexibility index (Phi) is 7.82. The van der Waals surface area contributed by atoms with E-state index in [4.69, 9.17) is 10.5 Å². The first-order chi connectivity index (χ1) is 17.3. The number of nitrogens with two attached hydrogens (primary N) is 1. The lowest BCUT2D eigenvalue weighted by Gasteiger charge is -2.42. The third kappa shape index (κ3) is 5.64. The molecule has 194 valence electrons. The number of ether oxygens (including phenoxy) is 1. The molecule has 10 nitrogen and oxygen atoms in total. The lowest BCUT2D eigenvalue weighted by atomic mass is 10.00. The van der Waals surface area contributed by atoms with Crippen molar-refractivity contribution in [1.29, 1.82) is 0 Å². The molecule has 1 fully saturated rings. The Balaban J connectivity index is 1.63. The topological polar surface area (TPSA) is 114 Å². The molecule has 3 N–H and O–H groups in total. The first-order valence-corrected chi connectivity index (χ1v) is 12.0. The van der Waals surface area contributed by atoms with E-state index in [1.807, 2.05) is 19.0 Å². The third-order valence-electron chi connectivity index (χ3n) is 6.16. The van der Waals surface area contributed by atoms with Crippen LogP contribution in [-0.2, 0) is 6.54 Å². The Hall–Kier alpha value is -3.54. The lowest BCUT2D eigenvalue weighted by Crippen LogP contribution is -2.55. The molecule has 1 atom stereocenters. The molecule has 1 aliphatic rings. The van der Waals surface area contributed by atoms with E-state index in [1.54, 1.807) is 27.9 Å². The number of benzene rings is 1. The van der Waals surface area contributed by atoms with Crippen molar-refractivity contribution < 1.29 is 18.3 Å². The molecule has 0 radical (unpaired) electrons. The van der Waals surface area contributed by atoms with Crippen LogP contribution in [0.3, 0.4) is 0 Å². The zero-order chi connectivity index (χ0) is 25.8. The second kappa shape index (κ2) is 11.0. The fraction of sp³-hybridized carbons (Fsp3) is 0.500. The number of nitrogen functional groups attached to an aromatic ring is 1. The summed E-state index contributed by atoms with van der Waals surface area (Å²) < 4.78 is 33.0. The first kappa shape index (κ1) is 25.5. The number of nitrogens with one attached hydrogen (secondary N) is 1. The van der Waals surface area contributed by atoms with Gasteiger partial charge in [0.15, 0.2) is 5.82 Å². The maximum atomic E-state index is 13.3. The number of nitrogens with zero attached hydrogens (tertiary/aromatic N) is 6. The van der Waals surface area contributed by atoms with Crippen molar-refractivity contribution in [2.45, 2.75) is 45.4 Å². The zero-order valence-corrected chi connectivity index (χ0v) is 20.7. The van der Waals surface area contributed by atoms with E-state index in [-0.39, 0.29) is 30.2 Å². The fourth-order valence-electron chi connectivity index (χ4n) is 4.31. The van der Waals surface area contributed by atoms with Crippen LogP contribution in [0.1, 0.15) is 42.1 Å². The molecule has 0 bridgehead atoms. The Bertz CT molecular complexity index is 1220. The highest BCUT2D eigenvalue weighted by molar-refractivity contribution is 5.95. The average Bonchev–Trinajstić information content (AvgIpc) is 3.20. The number of likely N-dealkylation sites (tertiary alicyclic amines) is 1. The van der Waals surface area contributed by atoms with Crippen molar-refractivity contribution in [2.75, 3.05) is 44.8 Å². The largest absolute Gasteiger partial charge is 0.434 e. The summed E-state index contributed by atoms with van der Waals surface area (Å²) in [4.78, 5) is 25.4. The van der Waals surface area contributed by atoms with Crippen LogP contribution in [0.25, 0.3) is 11.0 Å². The average molecular weight is 503 g/mol. The second-order valence-corrected chi connectivity index (χ2v) is 9.15. The molecular weight excluding hydrogens is 470 g/mol. The minimum atomic E-state index is -3.04. The van der Waals surface area contributed by atoms with E-state index in [1.165, 1.54) is 6.07 Å². The molecule has 1 amide bonds. The van der Waals surface area contributed by atoms with E-state index in [0.717, 1.165) is 25.8 Å². The molecule has 1 aromatic carbocycles. The molecular formula is C24H32F2N8O2. The predicted molar refractivity (Wildman–Crippen MR) is 133 cm³/mol. The zero-order valence-electron chi connectivity index (χ0n) is 20.7. The predicted octanol–water partition coefficient (Wildman–Crippen LogP) is 3.05. The van der Waals surface area contributed by atoms with Gasteiger partial charge in [-0.2, -0.15) is 18.9 Å². The van der Waals surface area contributed by atoms with Gasteiger partial charge in [-0.3, -0.25) is 9.48 Å². The monoisotopic (exact) mass is 502 g/mol. The van der Waals surface area contributed by atoms with Crippen molar-refractivity contribution in [3.63, 3.8) is 0 Å². The molecule has 0 spiro atoms. The minimum Gasteiger partial charge on any atom is -0.434 e. The molecule has 2 aromatic heterocycles. The van der Waals surface area contributed by atoms with Crippen molar-refractivity contribution in [3.05, 3.63) is 35.5 Å². The normalized spacial score (nSPS) is 15.5. The van der Waals surface area contributed by atoms with Gasteiger partial charge >= 0.3 is 6.61 Å². The Morgan fingerprint density at radius 3 is 2.81 bits per heavy atom. The summed E-state index contributed by atoms with van der Waals surface area (Å²) in [6.07, 6.45) is 4.41. The van der Waals surface area contributed by atoms with Gasteiger partial charge in [0, 0.05) is 36.8 Å². The molecule has 12 heteroatoms. The number of unbranched alkanes of at least 4 members (excludes halogenated alkanes) is 1. The number of amides is 1. The molecule has 3 aromatic rings. The summed E-state index contributed by atoms with van der Waals surface area (Å²) >= 11 is 0. The number of rotatable bonds is 11. The summed E-state index contributed by atoms with van der Waals surface area (Å²) in [6, 6.07) is 4.76. The van der Waals surface area contributed by atoms with E-state index in [0.29, 0.717) is 41.1 Å². The summed E-state index contributed by atoms with van der Waals surface area (Å²) in [6.45, 7) is 1.23. The number of aromatic nitrogens is 4. The molecule has 1 saturated heterocycles. The molecule has 3 heterocycles. The van der Waals surface area contributed by atoms with E-state index >= 15 is 0 Å². The SMILES string of the molecule is CCCCNc1nc(N)nc2cnn(Cc3ccc(C(=O)N4CCC4CN(C)C)cc3OC(F)F)c12. The van der Waals surface area contributed by atoms with Gasteiger partial charge in [0.1, 0.15) is 16.8 Å². The number of carbonyl (C=O) groups excluding carboxylic acids is 1. The number of alkyl halides is 2. The number of anilines is 2. The van der Waals surface area contributed by atoms with Crippen molar-refractivity contribution in [1.82, 2.24) is 29.5 Å². The summed E-state index contributed by atoms with van der Waals surface area (Å²) in [5.74, 6) is 0.371. The van der Waals surface area contributed by atoms with Gasteiger partial charge < -0.3 is 25.6 Å². The van der Waals surface area contributed by atoms with Crippen molar-refractivity contribution >= 4 is 28.7 Å². The number of carbonyl (C=O) groups is 1. The van der Waals surface area contributed by atoms with Crippen LogP contribution in [0.5, 0.6) is 5.75 Å². The van der Waals surface area contributed by atoms with Gasteiger partial charge in [-0.15, -0.1) is 0 Å². The molecule has 0 saturated carbocycles. The van der Waals surface area contributed by atoms with Crippen LogP contribution < -0.4 is 15.8 Å². The molecule has 4 rings (SSSR count). The van der Waals surface area contributed by atoms with E-state index in [9.17, 15) is 13.6 Å². The Morgan fingerprint density at radius 2 is 2.14 bits per heavy atom. The Labute approximate surface area is 208 Å². The van der Waals surface area contributed by atoms with Gasteiger partial charge in [-0.1, -0.05) is 19.4 Å². The third-order valence-corrected chi connectivity index (χ3v) is 6.16. The number of likely N-dealkylation sites (N-methyl/N-ethyl adjacent to an activating group) is 1. The van der Waals surface area contributed by atoms with Crippen LogP contribution in [0.2, 0.25) is 0 Å². The van der Waals surface area contributed by atoms with E-state index < -0.39 is 6.61 Å². The minimum absolute atomic E-state index is 0.0685. The number of fused-ring (bicyclic) bond motifs is 1.